The Balaban J connectivity index is 1.63. The number of benzene rings is 2. The Hall–Kier alpha value is -3.22. The van der Waals surface area contributed by atoms with Crippen molar-refractivity contribution in [3.05, 3.63) is 47.8 Å². The van der Waals surface area contributed by atoms with Crippen molar-refractivity contribution in [2.45, 2.75) is 19.9 Å². The van der Waals surface area contributed by atoms with Crippen molar-refractivity contribution < 1.29 is 19.0 Å². The van der Waals surface area contributed by atoms with E-state index in [9.17, 15) is 4.79 Å². The van der Waals surface area contributed by atoms with Gasteiger partial charge in [-0.3, -0.25) is 4.79 Å². The minimum atomic E-state index is -0.265. The number of nitrogens with zero attached hydrogens (tertiary/aromatic N) is 1. The number of hydrogen-bond donors (Lipinski definition) is 2. The maximum absolute atomic E-state index is 13.0. The summed E-state index contributed by atoms with van der Waals surface area (Å²) in [6.07, 6.45) is 0. The van der Waals surface area contributed by atoms with Gasteiger partial charge in [-0.25, -0.2) is 4.98 Å². The van der Waals surface area contributed by atoms with Gasteiger partial charge in [0.1, 0.15) is 19.0 Å². The number of hydrogen-bond acceptors (Lipinski definition) is 5. The third-order valence-electron chi connectivity index (χ3n) is 4.75. The van der Waals surface area contributed by atoms with E-state index in [0.717, 1.165) is 16.9 Å². The second-order valence-electron chi connectivity index (χ2n) is 7.04. The Labute approximate surface area is 163 Å². The van der Waals surface area contributed by atoms with Gasteiger partial charge in [0.15, 0.2) is 11.5 Å². The van der Waals surface area contributed by atoms with Gasteiger partial charge >= 0.3 is 0 Å². The third kappa shape index (κ3) is 3.35. The SMILES string of the molecule is COc1cc(C(=O)NC(c2nc3ccccc3[nH]2)C(C)C)cc2c1OCCO2. The van der Waals surface area contributed by atoms with Gasteiger partial charge in [-0.2, -0.15) is 0 Å². The van der Waals surface area contributed by atoms with Gasteiger partial charge in [-0.1, -0.05) is 26.0 Å². The van der Waals surface area contributed by atoms with Crippen LogP contribution in [0.3, 0.4) is 0 Å². The molecular formula is C21H23N3O4. The number of amides is 1. The summed E-state index contributed by atoms with van der Waals surface area (Å²) in [5.41, 5.74) is 2.26. The number of aromatic amines is 1. The van der Waals surface area contributed by atoms with E-state index in [4.69, 9.17) is 14.2 Å². The molecule has 7 heteroatoms. The van der Waals surface area contributed by atoms with E-state index < -0.39 is 0 Å². The standard InChI is InChI=1S/C21H23N3O4/c1-12(2)18(20-22-14-6-4-5-7-15(14)23-20)24-21(25)13-10-16(26-3)19-17(11-13)27-8-9-28-19/h4-7,10-12,18H,8-9H2,1-3H3,(H,22,23)(H,24,25). The molecule has 28 heavy (non-hydrogen) atoms. The molecule has 1 aliphatic rings. The van der Waals surface area contributed by atoms with Crippen LogP contribution in [0.4, 0.5) is 0 Å². The molecular weight excluding hydrogens is 358 g/mol. The minimum absolute atomic E-state index is 0.142. The molecule has 0 saturated heterocycles. The van der Waals surface area contributed by atoms with Crippen molar-refractivity contribution in [3.8, 4) is 17.2 Å². The molecule has 1 unspecified atom stereocenters. The average molecular weight is 381 g/mol. The zero-order chi connectivity index (χ0) is 19.7. The highest BCUT2D eigenvalue weighted by Gasteiger charge is 2.25. The Bertz CT molecular complexity index is 962. The number of rotatable bonds is 5. The van der Waals surface area contributed by atoms with Crippen LogP contribution in [0.1, 0.15) is 36.1 Å². The van der Waals surface area contributed by atoms with E-state index in [-0.39, 0.29) is 17.9 Å². The predicted octanol–water partition coefficient (Wildman–Crippen LogP) is 3.47. The number of para-hydroxylation sites is 2. The fraction of sp³-hybridized carbons (Fsp3) is 0.333. The van der Waals surface area contributed by atoms with Crippen molar-refractivity contribution in [2.24, 2.45) is 5.92 Å². The largest absolute Gasteiger partial charge is 0.493 e. The second kappa shape index (κ2) is 7.42. The first-order valence-corrected chi connectivity index (χ1v) is 9.30. The van der Waals surface area contributed by atoms with Gasteiger partial charge in [0.05, 0.1) is 24.2 Å². The van der Waals surface area contributed by atoms with Crippen molar-refractivity contribution in [1.82, 2.24) is 15.3 Å². The lowest BCUT2D eigenvalue weighted by Crippen LogP contribution is -2.32. The summed E-state index contributed by atoms with van der Waals surface area (Å²) in [5, 5.41) is 3.08. The molecule has 2 N–H and O–H groups in total. The lowest BCUT2D eigenvalue weighted by molar-refractivity contribution is 0.0921. The Morgan fingerprint density at radius 1 is 1.21 bits per heavy atom. The molecule has 0 spiro atoms. The van der Waals surface area contributed by atoms with Crippen LogP contribution in [0.5, 0.6) is 17.2 Å². The lowest BCUT2D eigenvalue weighted by Gasteiger charge is -2.23. The fourth-order valence-corrected chi connectivity index (χ4v) is 3.30. The van der Waals surface area contributed by atoms with Crippen LogP contribution in [0, 0.1) is 5.92 Å². The molecule has 146 valence electrons. The number of carbonyl (C=O) groups is 1. The molecule has 0 aliphatic carbocycles. The van der Waals surface area contributed by atoms with Crippen LogP contribution in [-0.4, -0.2) is 36.2 Å². The maximum atomic E-state index is 13.0. The molecule has 4 rings (SSSR count). The quantitative estimate of drug-likeness (QED) is 0.707. The number of fused-ring (bicyclic) bond motifs is 2. The number of nitrogens with one attached hydrogen (secondary N) is 2. The zero-order valence-electron chi connectivity index (χ0n) is 16.1. The maximum Gasteiger partial charge on any atom is 0.252 e. The van der Waals surface area contributed by atoms with Gasteiger partial charge in [-0.05, 0) is 30.2 Å². The van der Waals surface area contributed by atoms with Gasteiger partial charge in [0, 0.05) is 5.56 Å². The van der Waals surface area contributed by atoms with E-state index >= 15 is 0 Å². The number of ether oxygens (including phenoxy) is 3. The summed E-state index contributed by atoms with van der Waals surface area (Å²) in [6.45, 7) is 4.98. The van der Waals surface area contributed by atoms with Crippen molar-refractivity contribution in [2.75, 3.05) is 20.3 Å². The lowest BCUT2D eigenvalue weighted by atomic mass is 10.0. The van der Waals surface area contributed by atoms with Crippen LogP contribution in [0.25, 0.3) is 11.0 Å². The molecule has 0 saturated carbocycles. The third-order valence-corrected chi connectivity index (χ3v) is 4.75. The zero-order valence-corrected chi connectivity index (χ0v) is 16.1. The molecule has 2 heterocycles. The number of aromatic nitrogens is 2. The number of imidazole rings is 1. The van der Waals surface area contributed by atoms with E-state index in [0.29, 0.717) is 36.0 Å². The van der Waals surface area contributed by atoms with Crippen LogP contribution < -0.4 is 19.5 Å². The van der Waals surface area contributed by atoms with E-state index in [1.165, 1.54) is 0 Å². The van der Waals surface area contributed by atoms with E-state index in [1.54, 1.807) is 19.2 Å². The van der Waals surface area contributed by atoms with Crippen LogP contribution in [0.2, 0.25) is 0 Å². The summed E-state index contributed by atoms with van der Waals surface area (Å²) < 4.78 is 16.6. The highest BCUT2D eigenvalue weighted by Crippen LogP contribution is 2.40. The molecule has 7 nitrogen and oxygen atoms in total. The van der Waals surface area contributed by atoms with Crippen molar-refractivity contribution in [1.29, 1.82) is 0 Å². The first-order chi connectivity index (χ1) is 13.6. The summed E-state index contributed by atoms with van der Waals surface area (Å²) >= 11 is 0. The van der Waals surface area contributed by atoms with E-state index in [2.05, 4.69) is 15.3 Å². The predicted molar refractivity (Wildman–Crippen MR) is 105 cm³/mol. The average Bonchev–Trinajstić information content (AvgIpc) is 3.14. The summed E-state index contributed by atoms with van der Waals surface area (Å²) in [4.78, 5) is 21.0. The van der Waals surface area contributed by atoms with Gasteiger partial charge in [0.2, 0.25) is 5.75 Å². The van der Waals surface area contributed by atoms with Crippen molar-refractivity contribution >= 4 is 16.9 Å². The molecule has 1 atom stereocenters. The number of H-pyrrole nitrogens is 1. The molecule has 0 radical (unpaired) electrons. The van der Waals surface area contributed by atoms with Gasteiger partial charge in [0.25, 0.3) is 5.91 Å². The first kappa shape index (κ1) is 18.2. The number of methoxy groups -OCH3 is 1. The highest BCUT2D eigenvalue weighted by molar-refractivity contribution is 5.96. The monoisotopic (exact) mass is 381 g/mol. The first-order valence-electron chi connectivity index (χ1n) is 9.30. The molecule has 1 aliphatic heterocycles. The minimum Gasteiger partial charge on any atom is -0.493 e. The summed E-state index contributed by atoms with van der Waals surface area (Å²) in [6, 6.07) is 10.9. The second-order valence-corrected chi connectivity index (χ2v) is 7.04. The normalized spacial score (nSPS) is 14.1. The fourth-order valence-electron chi connectivity index (χ4n) is 3.30. The Morgan fingerprint density at radius 2 is 2.00 bits per heavy atom. The smallest absolute Gasteiger partial charge is 0.252 e. The van der Waals surface area contributed by atoms with Gasteiger partial charge in [-0.15, -0.1) is 0 Å². The van der Waals surface area contributed by atoms with Crippen LogP contribution in [-0.2, 0) is 0 Å². The van der Waals surface area contributed by atoms with Crippen LogP contribution in [0.15, 0.2) is 36.4 Å². The Kier molecular flexibility index (Phi) is 4.81. The van der Waals surface area contributed by atoms with Crippen molar-refractivity contribution in [3.63, 3.8) is 0 Å². The molecule has 2 aromatic carbocycles. The molecule has 0 bridgehead atoms. The molecule has 1 aromatic heterocycles. The molecule has 3 aromatic rings. The topological polar surface area (TPSA) is 85.5 Å². The highest BCUT2D eigenvalue weighted by atomic mass is 16.6. The van der Waals surface area contributed by atoms with Crippen LogP contribution >= 0.6 is 0 Å². The van der Waals surface area contributed by atoms with Gasteiger partial charge < -0.3 is 24.5 Å². The summed E-state index contributed by atoms with van der Waals surface area (Å²) in [5.74, 6) is 2.17. The molecule has 1 amide bonds. The molecule has 0 fully saturated rings. The Morgan fingerprint density at radius 3 is 2.75 bits per heavy atom. The van der Waals surface area contributed by atoms with E-state index in [1.807, 2.05) is 38.1 Å². The number of carbonyl (C=O) groups excluding carboxylic acids is 1. The summed E-state index contributed by atoms with van der Waals surface area (Å²) in [7, 11) is 1.54.